The number of hydrogen-bond acceptors (Lipinski definition) is 3. The summed E-state index contributed by atoms with van der Waals surface area (Å²) in [6, 6.07) is 0.164. The number of ether oxygens (including phenoxy) is 1. The fourth-order valence-corrected chi connectivity index (χ4v) is 2.80. The van der Waals surface area contributed by atoms with Crippen molar-refractivity contribution in [3.05, 3.63) is 0 Å². The number of hydrogen-bond donors (Lipinski definition) is 2. The third-order valence-electron chi connectivity index (χ3n) is 3.98. The van der Waals surface area contributed by atoms with Gasteiger partial charge in [-0.25, -0.2) is 0 Å². The van der Waals surface area contributed by atoms with Gasteiger partial charge in [0.05, 0.1) is 13.2 Å². The van der Waals surface area contributed by atoms with Gasteiger partial charge in [0.1, 0.15) is 0 Å². The lowest BCUT2D eigenvalue weighted by Gasteiger charge is -2.32. The minimum atomic E-state index is -4.09. The number of piperidine rings is 1. The molecule has 0 aromatic heterocycles. The molecule has 0 spiro atoms. The third kappa shape index (κ3) is 10.5. The van der Waals surface area contributed by atoms with Gasteiger partial charge in [0.25, 0.3) is 0 Å². The van der Waals surface area contributed by atoms with Crippen LogP contribution in [0.2, 0.25) is 0 Å². The van der Waals surface area contributed by atoms with Crippen LogP contribution in [-0.4, -0.2) is 70.0 Å². The average Bonchev–Trinajstić information content (AvgIpc) is 2.46. The Labute approximate surface area is 159 Å². The van der Waals surface area contributed by atoms with E-state index >= 15 is 0 Å². The lowest BCUT2D eigenvalue weighted by molar-refractivity contribution is -0.148. The summed E-state index contributed by atoms with van der Waals surface area (Å²) in [6.45, 7) is 3.64. The smallest absolute Gasteiger partial charge is 0.383 e. The molecule has 0 saturated carbocycles. The molecule has 1 atom stereocenters. The van der Waals surface area contributed by atoms with Gasteiger partial charge in [0, 0.05) is 26.7 Å². The zero-order valence-corrected chi connectivity index (χ0v) is 17.0. The normalized spacial score (nSPS) is 18.8. The van der Waals surface area contributed by atoms with E-state index < -0.39 is 12.7 Å². The van der Waals surface area contributed by atoms with Crippen molar-refractivity contribution < 1.29 is 17.9 Å². The van der Waals surface area contributed by atoms with Crippen LogP contribution in [0.1, 0.15) is 26.2 Å². The van der Waals surface area contributed by atoms with Crippen LogP contribution in [0, 0.1) is 5.92 Å². The molecule has 0 amide bonds. The maximum Gasteiger partial charge on any atom is 0.401 e. The van der Waals surface area contributed by atoms with Crippen LogP contribution >= 0.6 is 24.0 Å². The number of halogens is 4. The van der Waals surface area contributed by atoms with Crippen LogP contribution in [-0.2, 0) is 4.74 Å². The predicted octanol–water partition coefficient (Wildman–Crippen LogP) is 2.47. The van der Waals surface area contributed by atoms with Crippen molar-refractivity contribution in [1.29, 1.82) is 0 Å². The van der Waals surface area contributed by atoms with Gasteiger partial charge in [0.15, 0.2) is 5.96 Å². The standard InChI is InChI=1S/C15H29F3N4O.HI/c1-12(10-23-3)21-14(19-2)20-7-4-13-5-8-22(9-6-13)11-15(16,17)18;/h12-13H,4-11H2,1-3H3,(H2,19,20,21);1H. The lowest BCUT2D eigenvalue weighted by atomic mass is 9.93. The predicted molar refractivity (Wildman–Crippen MR) is 101 cm³/mol. The van der Waals surface area contributed by atoms with Gasteiger partial charge in [-0.3, -0.25) is 9.89 Å². The number of nitrogens with zero attached hydrogens (tertiary/aromatic N) is 2. The van der Waals surface area contributed by atoms with Gasteiger partial charge in [0.2, 0.25) is 0 Å². The Hall–Kier alpha value is -0.290. The number of nitrogens with one attached hydrogen (secondary N) is 2. The zero-order valence-electron chi connectivity index (χ0n) is 14.7. The van der Waals surface area contributed by atoms with Crippen molar-refractivity contribution in [2.75, 3.05) is 46.9 Å². The SMILES string of the molecule is CN=C(NCCC1CCN(CC(F)(F)F)CC1)NC(C)COC.I. The van der Waals surface area contributed by atoms with Crippen molar-refractivity contribution in [3.63, 3.8) is 0 Å². The van der Waals surface area contributed by atoms with Crippen LogP contribution in [0.3, 0.4) is 0 Å². The van der Waals surface area contributed by atoms with Gasteiger partial charge < -0.3 is 15.4 Å². The van der Waals surface area contributed by atoms with E-state index in [9.17, 15) is 13.2 Å². The van der Waals surface area contributed by atoms with Crippen molar-refractivity contribution in [3.8, 4) is 0 Å². The topological polar surface area (TPSA) is 48.9 Å². The Kier molecular flexibility index (Phi) is 12.0. The van der Waals surface area contributed by atoms with Crippen LogP contribution in [0.5, 0.6) is 0 Å². The summed E-state index contributed by atoms with van der Waals surface area (Å²) in [5.41, 5.74) is 0. The van der Waals surface area contributed by atoms with Crippen molar-refractivity contribution >= 4 is 29.9 Å². The fraction of sp³-hybridized carbons (Fsp3) is 0.933. The molecule has 0 radical (unpaired) electrons. The Balaban J connectivity index is 0.00000529. The van der Waals surface area contributed by atoms with Crippen molar-refractivity contribution in [2.45, 2.75) is 38.4 Å². The van der Waals surface area contributed by atoms with E-state index in [-0.39, 0.29) is 30.0 Å². The highest BCUT2D eigenvalue weighted by molar-refractivity contribution is 14.0. The molecule has 0 aromatic rings. The molecule has 1 saturated heterocycles. The molecule has 0 bridgehead atoms. The van der Waals surface area contributed by atoms with Crippen LogP contribution in [0.15, 0.2) is 4.99 Å². The number of alkyl halides is 3. The Morgan fingerprint density at radius 1 is 1.33 bits per heavy atom. The molecule has 0 aromatic carbocycles. The largest absolute Gasteiger partial charge is 0.401 e. The maximum absolute atomic E-state index is 12.3. The van der Waals surface area contributed by atoms with Gasteiger partial charge in [-0.05, 0) is 45.2 Å². The van der Waals surface area contributed by atoms with Gasteiger partial charge in [-0.1, -0.05) is 0 Å². The van der Waals surface area contributed by atoms with Crippen molar-refractivity contribution in [1.82, 2.24) is 15.5 Å². The van der Waals surface area contributed by atoms with Crippen LogP contribution in [0.25, 0.3) is 0 Å². The molecule has 0 aliphatic carbocycles. The molecule has 1 heterocycles. The van der Waals surface area contributed by atoms with E-state index in [1.807, 2.05) is 6.92 Å². The first kappa shape index (κ1) is 23.7. The summed E-state index contributed by atoms with van der Waals surface area (Å²) >= 11 is 0. The quantitative estimate of drug-likeness (QED) is 0.344. The Morgan fingerprint density at radius 3 is 2.46 bits per heavy atom. The second-order valence-corrected chi connectivity index (χ2v) is 6.12. The summed E-state index contributed by atoms with van der Waals surface area (Å²) < 4.78 is 42.1. The number of likely N-dealkylation sites (tertiary alicyclic amines) is 1. The third-order valence-corrected chi connectivity index (χ3v) is 3.98. The average molecular weight is 466 g/mol. The first-order valence-corrected chi connectivity index (χ1v) is 8.09. The minimum Gasteiger partial charge on any atom is -0.383 e. The van der Waals surface area contributed by atoms with Gasteiger partial charge >= 0.3 is 6.18 Å². The highest BCUT2D eigenvalue weighted by Gasteiger charge is 2.32. The maximum atomic E-state index is 12.3. The summed E-state index contributed by atoms with van der Waals surface area (Å²) in [7, 11) is 3.37. The Morgan fingerprint density at radius 2 is 1.96 bits per heavy atom. The second-order valence-electron chi connectivity index (χ2n) is 6.12. The number of rotatable bonds is 7. The molecule has 1 fully saturated rings. The summed E-state index contributed by atoms with van der Waals surface area (Å²) in [6.07, 6.45) is -1.50. The molecule has 9 heteroatoms. The molecule has 1 rings (SSSR count). The lowest BCUT2D eigenvalue weighted by Crippen LogP contribution is -2.45. The zero-order chi connectivity index (χ0) is 17.3. The highest BCUT2D eigenvalue weighted by atomic mass is 127. The van der Waals surface area contributed by atoms with E-state index in [4.69, 9.17) is 4.74 Å². The molecule has 144 valence electrons. The van der Waals surface area contributed by atoms with E-state index in [2.05, 4.69) is 15.6 Å². The molecular formula is C15H30F3IN4O. The molecule has 1 unspecified atom stereocenters. The monoisotopic (exact) mass is 466 g/mol. The van der Waals surface area contributed by atoms with Gasteiger partial charge in [-0.2, -0.15) is 13.2 Å². The number of guanidine groups is 1. The summed E-state index contributed by atoms with van der Waals surface area (Å²) in [5, 5.41) is 6.46. The van der Waals surface area contributed by atoms with E-state index in [1.54, 1.807) is 14.2 Å². The van der Waals surface area contributed by atoms with Crippen LogP contribution in [0.4, 0.5) is 13.2 Å². The molecular weight excluding hydrogens is 436 g/mol. The fourth-order valence-electron chi connectivity index (χ4n) is 2.80. The number of methoxy groups -OCH3 is 1. The second kappa shape index (κ2) is 12.1. The first-order chi connectivity index (χ1) is 10.8. The van der Waals surface area contributed by atoms with E-state index in [0.717, 1.165) is 31.8 Å². The van der Waals surface area contributed by atoms with E-state index in [0.29, 0.717) is 25.6 Å². The summed E-state index contributed by atoms with van der Waals surface area (Å²) in [5.74, 6) is 1.20. The molecule has 24 heavy (non-hydrogen) atoms. The molecule has 2 N–H and O–H groups in total. The summed E-state index contributed by atoms with van der Waals surface area (Å²) in [4.78, 5) is 5.65. The van der Waals surface area contributed by atoms with Crippen LogP contribution < -0.4 is 10.6 Å². The van der Waals surface area contributed by atoms with E-state index in [1.165, 1.54) is 4.90 Å². The molecule has 5 nitrogen and oxygen atoms in total. The minimum absolute atomic E-state index is 0. The van der Waals surface area contributed by atoms with Crippen molar-refractivity contribution in [2.24, 2.45) is 10.9 Å². The first-order valence-electron chi connectivity index (χ1n) is 8.09. The number of aliphatic imine (C=N–C) groups is 1. The molecule has 1 aliphatic heterocycles. The Bertz CT molecular complexity index is 361. The molecule has 1 aliphatic rings. The van der Waals surface area contributed by atoms with Gasteiger partial charge in [-0.15, -0.1) is 24.0 Å². The highest BCUT2D eigenvalue weighted by Crippen LogP contribution is 2.23.